The van der Waals surface area contributed by atoms with E-state index in [1.807, 2.05) is 18.3 Å². The highest BCUT2D eigenvalue weighted by molar-refractivity contribution is 5.78. The molecule has 0 amide bonds. The van der Waals surface area contributed by atoms with Crippen molar-refractivity contribution in [1.82, 2.24) is 4.57 Å². The summed E-state index contributed by atoms with van der Waals surface area (Å²) >= 11 is 0. The molecule has 1 aliphatic carbocycles. The number of allylic oxidation sites excluding steroid dienone is 1. The Hall–Kier alpha value is -4.38. The van der Waals surface area contributed by atoms with Gasteiger partial charge in [0.2, 0.25) is 12.0 Å². The number of hydrogen-bond donors (Lipinski definition) is 0. The summed E-state index contributed by atoms with van der Waals surface area (Å²) in [4.78, 5) is 0. The second-order valence-corrected chi connectivity index (χ2v) is 10.9. The molecule has 0 saturated carbocycles. The van der Waals surface area contributed by atoms with Gasteiger partial charge in [0.05, 0.1) is 47.1 Å². The van der Waals surface area contributed by atoms with E-state index in [-0.39, 0.29) is 17.8 Å². The minimum atomic E-state index is -0.518. The summed E-state index contributed by atoms with van der Waals surface area (Å²) in [6.07, 6.45) is 11.0. The van der Waals surface area contributed by atoms with Crippen molar-refractivity contribution in [2.45, 2.75) is 51.2 Å². The Morgan fingerprint density at radius 1 is 0.844 bits per heavy atom. The lowest BCUT2D eigenvalue weighted by atomic mass is 9.89. The number of ether oxygens (including phenoxy) is 7. The maximum Gasteiger partial charge on any atom is 0.208 e. The van der Waals surface area contributed by atoms with Crippen LogP contribution in [0.15, 0.2) is 54.4 Å². The monoisotopic (exact) mass is 624 g/mol. The van der Waals surface area contributed by atoms with Crippen molar-refractivity contribution in [3.05, 3.63) is 71.1 Å². The number of rotatable bonds is 15. The topological polar surface area (TPSA) is 95.6 Å². The molecule has 242 valence electrons. The summed E-state index contributed by atoms with van der Waals surface area (Å²) < 4.78 is 57.1. The van der Waals surface area contributed by atoms with Crippen LogP contribution in [0.1, 0.15) is 44.2 Å². The normalized spacial score (nSPS) is 17.3. The molecule has 11 heteroatoms. The minimum absolute atomic E-state index is 0.00221. The van der Waals surface area contributed by atoms with Crippen LogP contribution < -0.4 is 28.4 Å². The minimum Gasteiger partial charge on any atom is -0.618 e. The molecule has 2 heterocycles. The number of methoxy groups -OCH3 is 4. The highest BCUT2D eigenvalue weighted by atomic mass is 19.1. The Morgan fingerprint density at radius 2 is 1.56 bits per heavy atom. The van der Waals surface area contributed by atoms with Crippen LogP contribution in [0.4, 0.5) is 4.39 Å². The van der Waals surface area contributed by atoms with Gasteiger partial charge in [0.25, 0.3) is 0 Å². The lowest BCUT2D eigenvalue weighted by Gasteiger charge is -2.29. The Balaban J connectivity index is 1.05. The molecule has 2 aliphatic rings. The van der Waals surface area contributed by atoms with Crippen molar-refractivity contribution in [3.63, 3.8) is 0 Å². The van der Waals surface area contributed by atoms with Crippen molar-refractivity contribution < 1.29 is 42.3 Å². The maximum atomic E-state index is 14.6. The van der Waals surface area contributed by atoms with Crippen LogP contribution in [-0.2, 0) is 11.3 Å². The first-order chi connectivity index (χ1) is 21.9. The predicted molar refractivity (Wildman–Crippen MR) is 167 cm³/mol. The second-order valence-electron chi connectivity index (χ2n) is 10.9. The Kier molecular flexibility index (Phi) is 10.7. The van der Waals surface area contributed by atoms with E-state index < -0.39 is 5.82 Å². The third-order valence-electron chi connectivity index (χ3n) is 8.12. The lowest BCUT2D eigenvalue weighted by molar-refractivity contribution is -0.409. The van der Waals surface area contributed by atoms with Crippen molar-refractivity contribution in [2.75, 3.05) is 41.7 Å². The molecule has 0 saturated heterocycles. The number of benzene rings is 2. The molecule has 3 aromatic rings. The first-order valence-electron chi connectivity index (χ1n) is 15.2. The van der Waals surface area contributed by atoms with Gasteiger partial charge in [-0.05, 0) is 56.4 Å². The first-order valence-corrected chi connectivity index (χ1v) is 15.2. The van der Waals surface area contributed by atoms with E-state index in [0.29, 0.717) is 54.3 Å². The largest absolute Gasteiger partial charge is 0.618 e. The highest BCUT2D eigenvalue weighted by Crippen LogP contribution is 2.42. The predicted octanol–water partition coefficient (Wildman–Crippen LogP) is 6.72. The molecule has 1 aromatic heterocycles. The van der Waals surface area contributed by atoms with Gasteiger partial charge >= 0.3 is 0 Å². The molecule has 45 heavy (non-hydrogen) atoms. The number of hydrogen-bond acceptors (Lipinski definition) is 8. The van der Waals surface area contributed by atoms with Crippen LogP contribution >= 0.6 is 0 Å². The fourth-order valence-electron chi connectivity index (χ4n) is 5.81. The van der Waals surface area contributed by atoms with Crippen molar-refractivity contribution in [2.24, 2.45) is 5.92 Å². The van der Waals surface area contributed by atoms with E-state index in [0.717, 1.165) is 54.7 Å². The summed E-state index contributed by atoms with van der Waals surface area (Å²) in [6, 6.07) is 9.52. The van der Waals surface area contributed by atoms with Gasteiger partial charge in [-0.15, -0.1) is 0 Å². The zero-order valence-electron chi connectivity index (χ0n) is 26.3. The average Bonchev–Trinajstić information content (AvgIpc) is 3.37. The van der Waals surface area contributed by atoms with Crippen LogP contribution in [-0.4, -0.2) is 63.3 Å². The molecule has 0 N–H and O–H groups in total. The fraction of sp³-hybridized carbons (Fsp3) is 0.441. The van der Waals surface area contributed by atoms with Crippen molar-refractivity contribution in [1.29, 1.82) is 0 Å². The molecule has 2 atom stereocenters. The first kappa shape index (κ1) is 32.0. The van der Waals surface area contributed by atoms with E-state index in [1.54, 1.807) is 31.5 Å². The Bertz CT molecular complexity index is 1490. The molecule has 1 unspecified atom stereocenters. The quantitative estimate of drug-likeness (QED) is 0.105. The van der Waals surface area contributed by atoms with Crippen LogP contribution in [0.2, 0.25) is 0 Å². The molecular formula is C34H41FN2O8. The average molecular weight is 625 g/mol. The van der Waals surface area contributed by atoms with Crippen LogP contribution in [0.3, 0.4) is 0 Å². The van der Waals surface area contributed by atoms with Gasteiger partial charge in [0, 0.05) is 37.5 Å². The number of fused-ring (bicyclic) bond motifs is 2. The van der Waals surface area contributed by atoms with Gasteiger partial charge in [0.15, 0.2) is 28.8 Å². The molecule has 5 rings (SSSR count). The van der Waals surface area contributed by atoms with Crippen LogP contribution in [0.5, 0.6) is 40.2 Å². The fourth-order valence-corrected chi connectivity index (χ4v) is 5.81. The van der Waals surface area contributed by atoms with Gasteiger partial charge in [-0.25, -0.2) is 4.39 Å². The molecular weight excluding hydrogens is 583 g/mol. The van der Waals surface area contributed by atoms with Crippen molar-refractivity contribution in [3.8, 4) is 40.2 Å². The summed E-state index contributed by atoms with van der Waals surface area (Å²) in [5.74, 6) is 2.27. The number of halogens is 1. The third-order valence-corrected chi connectivity index (χ3v) is 8.12. The standard InChI is InChI=1S/C34H41FN2O8/c1-39-30-14-15-36-21-25-27(37(38)22-28(30)36)10-9-11-29(25)44-17-8-6-5-7-16-43-23-12-13-26(35)31(18-23)45-24-19-32(40-2)34(42-4)33(20-24)41-3/h10,12-15,18-20,22,25,29H,5-9,11,16-17,21H2,1-4H3/t25-,29?/m0/s1. The summed E-state index contributed by atoms with van der Waals surface area (Å²) in [6.45, 7) is 1.81. The van der Waals surface area contributed by atoms with Gasteiger partial charge in [-0.3, -0.25) is 0 Å². The van der Waals surface area contributed by atoms with Gasteiger partial charge < -0.3 is 42.9 Å². The summed E-state index contributed by atoms with van der Waals surface area (Å²) in [5, 5.41) is 12.9. The molecule has 2 aromatic carbocycles. The lowest BCUT2D eigenvalue weighted by Crippen LogP contribution is -2.33. The van der Waals surface area contributed by atoms with Crippen LogP contribution in [0, 0.1) is 16.9 Å². The van der Waals surface area contributed by atoms with E-state index in [9.17, 15) is 9.60 Å². The zero-order chi connectivity index (χ0) is 31.8. The van der Waals surface area contributed by atoms with E-state index in [2.05, 4.69) is 4.57 Å². The number of unbranched alkanes of at least 4 members (excludes halogenated alkanes) is 3. The maximum absolute atomic E-state index is 14.6. The molecule has 1 aliphatic heterocycles. The Morgan fingerprint density at radius 3 is 2.27 bits per heavy atom. The van der Waals surface area contributed by atoms with E-state index in [1.165, 1.54) is 33.5 Å². The van der Waals surface area contributed by atoms with Gasteiger partial charge in [-0.1, -0.05) is 6.42 Å². The number of nitrogens with zero attached hydrogens (tertiary/aromatic N) is 2. The molecule has 0 spiro atoms. The number of aromatic nitrogens is 1. The number of hydroxylamine groups is 1. The summed E-state index contributed by atoms with van der Waals surface area (Å²) in [5.41, 5.74) is 1.55. The molecule has 10 nitrogen and oxygen atoms in total. The smallest absolute Gasteiger partial charge is 0.208 e. The van der Waals surface area contributed by atoms with E-state index >= 15 is 0 Å². The highest BCUT2D eigenvalue weighted by Gasteiger charge is 2.37. The molecule has 0 fully saturated rings. The van der Waals surface area contributed by atoms with Crippen LogP contribution in [0.25, 0.3) is 0 Å². The SMILES string of the molecule is COc1cc(Oc2cc(OCCCCCCOC3CCC=C4[C@@H]3Cn3ccc(OC)c3C=[N+]4[O-])ccc2F)cc(OC)c1OC. The molecule has 0 bridgehead atoms. The second kappa shape index (κ2) is 15.1. The van der Waals surface area contributed by atoms with Crippen molar-refractivity contribution >= 4 is 6.21 Å². The summed E-state index contributed by atoms with van der Waals surface area (Å²) in [7, 11) is 6.13. The Labute approximate surface area is 263 Å². The van der Waals surface area contributed by atoms with E-state index in [4.69, 9.17) is 33.2 Å². The van der Waals surface area contributed by atoms with Gasteiger partial charge in [-0.2, -0.15) is 4.74 Å². The third kappa shape index (κ3) is 7.47. The zero-order valence-corrected chi connectivity index (χ0v) is 26.3. The van der Waals surface area contributed by atoms with Gasteiger partial charge in [0.1, 0.15) is 22.9 Å². The molecule has 0 radical (unpaired) electrons.